The van der Waals surface area contributed by atoms with Gasteiger partial charge in [0.05, 0.1) is 12.2 Å². The number of halogens is 2. The van der Waals surface area contributed by atoms with Crippen molar-refractivity contribution in [2.75, 3.05) is 11.9 Å². The first-order valence-electron chi connectivity index (χ1n) is 7.92. The lowest BCUT2D eigenvalue weighted by Crippen LogP contribution is -2.45. The molecule has 0 spiro atoms. The van der Waals surface area contributed by atoms with Gasteiger partial charge in [0.1, 0.15) is 0 Å². The van der Waals surface area contributed by atoms with Gasteiger partial charge in [-0.2, -0.15) is 0 Å². The van der Waals surface area contributed by atoms with Crippen molar-refractivity contribution in [3.8, 4) is 0 Å². The van der Waals surface area contributed by atoms with E-state index in [2.05, 4.69) is 29.5 Å². The van der Waals surface area contributed by atoms with Crippen molar-refractivity contribution in [1.82, 2.24) is 10.3 Å². The number of amides is 1. The predicted molar refractivity (Wildman–Crippen MR) is 99.6 cm³/mol. The van der Waals surface area contributed by atoms with Crippen LogP contribution in [0.5, 0.6) is 0 Å². The van der Waals surface area contributed by atoms with E-state index < -0.39 is 0 Å². The molecule has 4 nitrogen and oxygen atoms in total. The molecule has 2 aromatic rings. The molecule has 1 aromatic heterocycles. The van der Waals surface area contributed by atoms with Gasteiger partial charge in [-0.1, -0.05) is 49.2 Å². The number of carbonyl (C=O) groups is 1. The molecule has 0 bridgehead atoms. The molecular formula is C18H21Cl2N3O. The fraction of sp³-hybridized carbons (Fsp3) is 0.333. The third-order valence-electron chi connectivity index (χ3n) is 4.22. The Balaban J connectivity index is 2.07. The number of benzene rings is 1. The van der Waals surface area contributed by atoms with Crippen molar-refractivity contribution in [3.63, 3.8) is 0 Å². The van der Waals surface area contributed by atoms with E-state index in [1.165, 1.54) is 0 Å². The molecule has 0 fully saturated rings. The zero-order valence-corrected chi connectivity index (χ0v) is 15.3. The lowest BCUT2D eigenvalue weighted by molar-refractivity contribution is -0.115. The third kappa shape index (κ3) is 4.47. The number of aromatic nitrogens is 1. The van der Waals surface area contributed by atoms with Crippen LogP contribution in [0, 0.1) is 0 Å². The molecule has 1 heterocycles. The summed E-state index contributed by atoms with van der Waals surface area (Å²) >= 11 is 11.9. The maximum Gasteiger partial charge on any atom is 0.238 e. The van der Waals surface area contributed by atoms with Gasteiger partial charge in [0.2, 0.25) is 5.91 Å². The first kappa shape index (κ1) is 18.7. The van der Waals surface area contributed by atoms with Gasteiger partial charge in [-0.15, -0.1) is 0 Å². The van der Waals surface area contributed by atoms with Gasteiger partial charge in [-0.25, -0.2) is 4.98 Å². The van der Waals surface area contributed by atoms with Crippen LogP contribution in [0.25, 0.3) is 0 Å². The number of nitrogens with one attached hydrogen (secondary N) is 2. The smallest absolute Gasteiger partial charge is 0.238 e. The highest BCUT2D eigenvalue weighted by atomic mass is 35.5. The van der Waals surface area contributed by atoms with Crippen molar-refractivity contribution < 1.29 is 4.79 Å². The minimum absolute atomic E-state index is 0.162. The molecule has 0 saturated heterocycles. The molecule has 1 aromatic carbocycles. The van der Waals surface area contributed by atoms with Crippen molar-refractivity contribution in [3.05, 3.63) is 58.3 Å². The SMILES string of the molecule is CCC(CC)(NCC(=O)Nc1cccnc1Cl)c1ccc(Cl)cc1. The molecular weight excluding hydrogens is 345 g/mol. The second-order valence-electron chi connectivity index (χ2n) is 5.54. The zero-order valence-electron chi connectivity index (χ0n) is 13.8. The zero-order chi connectivity index (χ0) is 17.6. The first-order valence-corrected chi connectivity index (χ1v) is 8.67. The molecule has 0 aliphatic carbocycles. The number of hydrogen-bond acceptors (Lipinski definition) is 3. The minimum atomic E-state index is -0.277. The van der Waals surface area contributed by atoms with Gasteiger partial charge in [0.15, 0.2) is 5.15 Å². The Hall–Kier alpha value is -1.62. The van der Waals surface area contributed by atoms with Crippen LogP contribution in [-0.2, 0) is 10.3 Å². The molecule has 128 valence electrons. The molecule has 0 aliphatic rings. The number of anilines is 1. The summed E-state index contributed by atoms with van der Waals surface area (Å²) in [7, 11) is 0. The quantitative estimate of drug-likeness (QED) is 0.703. The summed E-state index contributed by atoms with van der Waals surface area (Å²) in [5.74, 6) is -0.162. The Kier molecular flexibility index (Phi) is 6.60. The van der Waals surface area contributed by atoms with Gasteiger partial charge in [0, 0.05) is 16.8 Å². The highest BCUT2D eigenvalue weighted by molar-refractivity contribution is 6.32. The second-order valence-corrected chi connectivity index (χ2v) is 6.33. The van der Waals surface area contributed by atoms with Crippen LogP contribution in [0.15, 0.2) is 42.6 Å². The van der Waals surface area contributed by atoms with E-state index in [9.17, 15) is 4.79 Å². The van der Waals surface area contributed by atoms with E-state index in [4.69, 9.17) is 23.2 Å². The fourth-order valence-corrected chi connectivity index (χ4v) is 2.99. The van der Waals surface area contributed by atoms with Crippen LogP contribution in [0.3, 0.4) is 0 Å². The topological polar surface area (TPSA) is 54.0 Å². The van der Waals surface area contributed by atoms with Gasteiger partial charge in [-0.3, -0.25) is 10.1 Å². The van der Waals surface area contributed by atoms with Crippen LogP contribution < -0.4 is 10.6 Å². The molecule has 0 unspecified atom stereocenters. The summed E-state index contributed by atoms with van der Waals surface area (Å²) in [5.41, 5.74) is 1.35. The van der Waals surface area contributed by atoms with Crippen LogP contribution in [-0.4, -0.2) is 17.4 Å². The van der Waals surface area contributed by atoms with Gasteiger partial charge < -0.3 is 5.32 Å². The first-order chi connectivity index (χ1) is 11.5. The maximum atomic E-state index is 12.2. The maximum absolute atomic E-state index is 12.2. The Morgan fingerprint density at radius 1 is 1.12 bits per heavy atom. The molecule has 24 heavy (non-hydrogen) atoms. The van der Waals surface area contributed by atoms with E-state index in [0.717, 1.165) is 18.4 Å². The van der Waals surface area contributed by atoms with E-state index in [1.54, 1.807) is 18.3 Å². The van der Waals surface area contributed by atoms with Gasteiger partial charge in [-0.05, 0) is 42.7 Å². The summed E-state index contributed by atoms with van der Waals surface area (Å²) in [5, 5.41) is 7.14. The van der Waals surface area contributed by atoms with Crippen molar-refractivity contribution in [1.29, 1.82) is 0 Å². The molecule has 6 heteroatoms. The van der Waals surface area contributed by atoms with Crippen LogP contribution >= 0.6 is 23.2 Å². The second kappa shape index (κ2) is 8.47. The lowest BCUT2D eigenvalue weighted by atomic mass is 9.84. The van der Waals surface area contributed by atoms with Gasteiger partial charge >= 0.3 is 0 Å². The fourth-order valence-electron chi connectivity index (χ4n) is 2.70. The lowest BCUT2D eigenvalue weighted by Gasteiger charge is -2.33. The van der Waals surface area contributed by atoms with E-state index in [-0.39, 0.29) is 23.1 Å². The normalized spacial score (nSPS) is 11.3. The highest BCUT2D eigenvalue weighted by Crippen LogP contribution is 2.29. The largest absolute Gasteiger partial charge is 0.322 e. The van der Waals surface area contributed by atoms with Crippen LogP contribution in [0.1, 0.15) is 32.3 Å². The number of hydrogen-bond donors (Lipinski definition) is 2. The summed E-state index contributed by atoms with van der Waals surface area (Å²) in [6, 6.07) is 11.2. The monoisotopic (exact) mass is 365 g/mol. The molecule has 0 radical (unpaired) electrons. The summed E-state index contributed by atoms with van der Waals surface area (Å²) < 4.78 is 0. The average Bonchev–Trinajstić information content (AvgIpc) is 2.59. The number of pyridine rings is 1. The number of rotatable bonds is 7. The van der Waals surface area contributed by atoms with Crippen molar-refractivity contribution in [2.45, 2.75) is 32.2 Å². The summed E-state index contributed by atoms with van der Waals surface area (Å²) in [4.78, 5) is 16.2. The summed E-state index contributed by atoms with van der Waals surface area (Å²) in [6.45, 7) is 4.37. The van der Waals surface area contributed by atoms with E-state index in [0.29, 0.717) is 10.7 Å². The Morgan fingerprint density at radius 3 is 2.38 bits per heavy atom. The molecule has 0 saturated carbocycles. The van der Waals surface area contributed by atoms with Crippen molar-refractivity contribution in [2.24, 2.45) is 0 Å². The van der Waals surface area contributed by atoms with E-state index >= 15 is 0 Å². The molecule has 0 aliphatic heterocycles. The molecule has 2 rings (SSSR count). The molecule has 0 atom stereocenters. The standard InChI is InChI=1S/C18H21Cl2N3O/c1-3-18(4-2,13-7-9-14(19)10-8-13)22-12-16(24)23-15-6-5-11-21-17(15)20/h5-11,22H,3-4,12H2,1-2H3,(H,23,24). The minimum Gasteiger partial charge on any atom is -0.322 e. The Bertz CT molecular complexity index is 685. The molecule has 1 amide bonds. The van der Waals surface area contributed by atoms with Gasteiger partial charge in [0.25, 0.3) is 0 Å². The van der Waals surface area contributed by atoms with Crippen molar-refractivity contribution >= 4 is 34.8 Å². The Morgan fingerprint density at radius 2 is 1.79 bits per heavy atom. The number of nitrogens with zero attached hydrogens (tertiary/aromatic N) is 1. The van der Waals surface area contributed by atoms with Crippen LogP contribution in [0.2, 0.25) is 10.2 Å². The molecule has 2 N–H and O–H groups in total. The third-order valence-corrected chi connectivity index (χ3v) is 4.78. The predicted octanol–water partition coefficient (Wildman–Crippen LogP) is 4.63. The van der Waals surface area contributed by atoms with E-state index in [1.807, 2.05) is 24.3 Å². The highest BCUT2D eigenvalue weighted by Gasteiger charge is 2.28. The Labute approximate surface area is 152 Å². The number of carbonyl (C=O) groups excluding carboxylic acids is 1. The van der Waals surface area contributed by atoms with Crippen LogP contribution in [0.4, 0.5) is 5.69 Å². The summed E-state index contributed by atoms with van der Waals surface area (Å²) in [6.07, 6.45) is 3.29. The average molecular weight is 366 g/mol.